The van der Waals surface area contributed by atoms with Gasteiger partial charge in [0.2, 0.25) is 0 Å². The average molecular weight is 455 g/mol. The number of halogens is 1. The molecule has 0 spiro atoms. The maximum absolute atomic E-state index is 10.4. The molecule has 0 heterocycles. The third kappa shape index (κ3) is 7.56. The van der Waals surface area contributed by atoms with E-state index in [9.17, 15) is 5.11 Å². The Morgan fingerprint density at radius 1 is 0.724 bits per heavy atom. The number of aliphatic hydroxyl groups is 1. The summed E-state index contributed by atoms with van der Waals surface area (Å²) in [6, 6.07) is 25.9. The van der Waals surface area contributed by atoms with Crippen LogP contribution in [0.3, 0.4) is 0 Å². The summed E-state index contributed by atoms with van der Waals surface area (Å²) in [5, 5.41) is 10.4. The normalized spacial score (nSPS) is 11.8. The van der Waals surface area contributed by atoms with Gasteiger partial charge >= 0.3 is 0 Å². The number of rotatable bonds is 11. The van der Waals surface area contributed by atoms with Crippen molar-refractivity contribution in [2.45, 2.75) is 31.8 Å². The first-order valence-electron chi connectivity index (χ1n) is 10.0. The van der Waals surface area contributed by atoms with Gasteiger partial charge in [0.15, 0.2) is 0 Å². The molecule has 4 heteroatoms. The van der Waals surface area contributed by atoms with E-state index in [4.69, 9.17) is 9.47 Å². The summed E-state index contributed by atoms with van der Waals surface area (Å²) in [5.74, 6) is 1.67. The van der Waals surface area contributed by atoms with Crippen molar-refractivity contribution < 1.29 is 14.6 Å². The highest BCUT2D eigenvalue weighted by Gasteiger charge is 2.08. The Labute approximate surface area is 181 Å². The van der Waals surface area contributed by atoms with Gasteiger partial charge < -0.3 is 14.6 Å². The molecular weight excluding hydrogens is 428 g/mol. The van der Waals surface area contributed by atoms with E-state index in [2.05, 4.69) is 40.2 Å². The van der Waals surface area contributed by atoms with Crippen LogP contribution in [0.25, 0.3) is 0 Å². The highest BCUT2D eigenvalue weighted by molar-refractivity contribution is 9.10. The molecule has 0 saturated carbocycles. The number of hydrogen-bond acceptors (Lipinski definition) is 3. The van der Waals surface area contributed by atoms with Crippen molar-refractivity contribution in [2.24, 2.45) is 0 Å². The molecule has 3 aromatic rings. The van der Waals surface area contributed by atoms with Crippen molar-refractivity contribution >= 4 is 15.9 Å². The molecule has 0 aliphatic rings. The van der Waals surface area contributed by atoms with Gasteiger partial charge in [0.25, 0.3) is 0 Å². The third-order valence-corrected chi connectivity index (χ3v) is 5.22. The molecule has 1 atom stereocenters. The van der Waals surface area contributed by atoms with E-state index in [-0.39, 0.29) is 0 Å². The first kappa shape index (κ1) is 21.4. The monoisotopic (exact) mass is 454 g/mol. The topological polar surface area (TPSA) is 38.7 Å². The predicted octanol–water partition coefficient (Wildman–Crippen LogP) is 6.35. The molecule has 3 aromatic carbocycles. The fourth-order valence-corrected chi connectivity index (χ4v) is 3.33. The lowest BCUT2D eigenvalue weighted by Gasteiger charge is -2.12. The molecule has 0 amide bonds. The molecule has 1 N–H and O–H groups in total. The highest BCUT2D eigenvalue weighted by Crippen LogP contribution is 2.22. The minimum atomic E-state index is -0.438. The highest BCUT2D eigenvalue weighted by atomic mass is 79.9. The summed E-state index contributed by atoms with van der Waals surface area (Å²) in [6.45, 7) is 1.20. The van der Waals surface area contributed by atoms with Crippen molar-refractivity contribution in [2.75, 3.05) is 13.2 Å². The van der Waals surface area contributed by atoms with Gasteiger partial charge in [-0.05, 0) is 66.8 Å². The van der Waals surface area contributed by atoms with Gasteiger partial charge in [-0.15, -0.1) is 0 Å². The van der Waals surface area contributed by atoms with Crippen molar-refractivity contribution in [3.8, 4) is 11.5 Å². The number of hydrogen-bond donors (Lipinski definition) is 1. The maximum Gasteiger partial charge on any atom is 0.119 e. The summed E-state index contributed by atoms with van der Waals surface area (Å²) in [5.41, 5.74) is 2.25. The molecule has 0 aliphatic heterocycles. The van der Waals surface area contributed by atoms with E-state index in [1.54, 1.807) is 0 Å². The van der Waals surface area contributed by atoms with Crippen LogP contribution in [0.4, 0.5) is 0 Å². The van der Waals surface area contributed by atoms with Gasteiger partial charge in [0, 0.05) is 10.9 Å². The molecule has 0 aromatic heterocycles. The Hall–Kier alpha value is -2.30. The van der Waals surface area contributed by atoms with Gasteiger partial charge in [-0.1, -0.05) is 58.4 Å². The summed E-state index contributed by atoms with van der Waals surface area (Å²) in [6.07, 6.45) is 3.07. The van der Waals surface area contributed by atoms with Crippen LogP contribution < -0.4 is 9.47 Å². The zero-order valence-electron chi connectivity index (χ0n) is 16.5. The van der Waals surface area contributed by atoms with Gasteiger partial charge in [0.05, 0.1) is 19.3 Å². The lowest BCUT2D eigenvalue weighted by atomic mass is 10.0. The van der Waals surface area contributed by atoms with E-state index in [0.29, 0.717) is 13.2 Å². The molecule has 0 fully saturated rings. The molecule has 3 rings (SSSR count). The maximum atomic E-state index is 10.4. The van der Waals surface area contributed by atoms with Gasteiger partial charge in [0.1, 0.15) is 11.5 Å². The lowest BCUT2D eigenvalue weighted by Crippen LogP contribution is -2.05. The number of aryl methyl sites for hydroxylation is 1. The first-order chi connectivity index (χ1) is 14.2. The van der Waals surface area contributed by atoms with Gasteiger partial charge in [-0.2, -0.15) is 0 Å². The van der Waals surface area contributed by atoms with E-state index >= 15 is 0 Å². The standard InChI is InChI=1S/C25H27BrO3/c26-22-12-16-24(17-13-22)29-19-5-18-28-23-14-10-21(11-15-23)25(27)9-4-8-20-6-2-1-3-7-20/h1-3,6-7,10-17,25,27H,4-5,8-9,18-19H2. The molecule has 0 bridgehead atoms. The Morgan fingerprint density at radius 2 is 1.31 bits per heavy atom. The number of benzene rings is 3. The van der Waals surface area contributed by atoms with Crippen LogP contribution in [0.2, 0.25) is 0 Å². The number of aliphatic hydroxyl groups excluding tert-OH is 1. The fourth-order valence-electron chi connectivity index (χ4n) is 3.07. The molecular formula is C25H27BrO3. The molecule has 1 unspecified atom stereocenters. The second-order valence-electron chi connectivity index (χ2n) is 6.97. The molecule has 0 aliphatic carbocycles. The fraction of sp³-hybridized carbons (Fsp3) is 0.280. The van der Waals surface area contributed by atoms with Crippen LogP contribution in [0.15, 0.2) is 83.3 Å². The zero-order valence-corrected chi connectivity index (χ0v) is 18.1. The second-order valence-corrected chi connectivity index (χ2v) is 7.88. The quantitative estimate of drug-likeness (QED) is 0.342. The molecule has 152 valence electrons. The van der Waals surface area contributed by atoms with E-state index in [1.807, 2.05) is 54.6 Å². The second kappa shape index (κ2) is 11.6. The minimum Gasteiger partial charge on any atom is -0.493 e. The van der Waals surface area contributed by atoms with Crippen LogP contribution in [-0.4, -0.2) is 18.3 Å². The Kier molecular flexibility index (Phi) is 8.59. The van der Waals surface area contributed by atoms with Crippen molar-refractivity contribution in [1.82, 2.24) is 0 Å². The van der Waals surface area contributed by atoms with Gasteiger partial charge in [-0.25, -0.2) is 0 Å². The van der Waals surface area contributed by atoms with Crippen molar-refractivity contribution in [3.05, 3.63) is 94.5 Å². The van der Waals surface area contributed by atoms with E-state index in [1.165, 1.54) is 5.56 Å². The van der Waals surface area contributed by atoms with Crippen LogP contribution in [-0.2, 0) is 6.42 Å². The molecule has 3 nitrogen and oxygen atoms in total. The molecule has 0 saturated heterocycles. The van der Waals surface area contributed by atoms with E-state index in [0.717, 1.165) is 47.2 Å². The van der Waals surface area contributed by atoms with Crippen LogP contribution in [0.5, 0.6) is 11.5 Å². The van der Waals surface area contributed by atoms with Crippen molar-refractivity contribution in [3.63, 3.8) is 0 Å². The molecule has 0 radical (unpaired) electrons. The summed E-state index contributed by atoms with van der Waals surface area (Å²) in [7, 11) is 0. The largest absolute Gasteiger partial charge is 0.493 e. The van der Waals surface area contributed by atoms with Crippen LogP contribution in [0, 0.1) is 0 Å². The van der Waals surface area contributed by atoms with E-state index < -0.39 is 6.10 Å². The Bertz CT molecular complexity index is 832. The Balaban J connectivity index is 1.33. The van der Waals surface area contributed by atoms with Gasteiger partial charge in [-0.3, -0.25) is 0 Å². The summed E-state index contributed by atoms with van der Waals surface area (Å²) >= 11 is 3.41. The van der Waals surface area contributed by atoms with Crippen LogP contribution >= 0.6 is 15.9 Å². The zero-order chi connectivity index (χ0) is 20.3. The lowest BCUT2D eigenvalue weighted by molar-refractivity contribution is 0.164. The Morgan fingerprint density at radius 3 is 1.93 bits per heavy atom. The summed E-state index contributed by atoms with van der Waals surface area (Å²) in [4.78, 5) is 0. The van der Waals surface area contributed by atoms with Crippen molar-refractivity contribution in [1.29, 1.82) is 0 Å². The molecule has 29 heavy (non-hydrogen) atoms. The smallest absolute Gasteiger partial charge is 0.119 e. The third-order valence-electron chi connectivity index (χ3n) is 4.69. The summed E-state index contributed by atoms with van der Waals surface area (Å²) < 4.78 is 12.5. The number of ether oxygens (including phenoxy) is 2. The SMILES string of the molecule is OC(CCCc1ccccc1)c1ccc(OCCCOc2ccc(Br)cc2)cc1. The minimum absolute atomic E-state index is 0.438. The van der Waals surface area contributed by atoms with Crippen LogP contribution in [0.1, 0.15) is 36.5 Å². The first-order valence-corrected chi connectivity index (χ1v) is 10.8. The predicted molar refractivity (Wildman–Crippen MR) is 121 cm³/mol. The average Bonchev–Trinajstić information content (AvgIpc) is 2.76.